The zero-order valence-corrected chi connectivity index (χ0v) is 21.1. The molecule has 0 unspecified atom stereocenters. The van der Waals surface area contributed by atoms with Crippen LogP contribution in [0.5, 0.6) is 5.75 Å². The molecule has 1 aromatic heterocycles. The lowest BCUT2D eigenvalue weighted by molar-refractivity contribution is -0.151. The molecule has 9 nitrogen and oxygen atoms in total. The van der Waals surface area contributed by atoms with Gasteiger partial charge in [0.2, 0.25) is 5.95 Å². The van der Waals surface area contributed by atoms with Crippen LogP contribution in [-0.4, -0.2) is 33.3 Å². The summed E-state index contributed by atoms with van der Waals surface area (Å²) in [4.78, 5) is 42.7. The van der Waals surface area contributed by atoms with Crippen LogP contribution >= 0.6 is 11.6 Å². The molecule has 1 aromatic carbocycles. The molecular formula is C24H33ClN4O5. The maximum Gasteiger partial charge on any atom is 0.354 e. The second-order valence-corrected chi connectivity index (χ2v) is 10.1. The van der Waals surface area contributed by atoms with Crippen LogP contribution in [0, 0.1) is 11.3 Å². The summed E-state index contributed by atoms with van der Waals surface area (Å²) in [5.74, 6) is 0.480. The summed E-state index contributed by atoms with van der Waals surface area (Å²) in [6.07, 6.45) is 4.20. The van der Waals surface area contributed by atoms with Crippen LogP contribution < -0.4 is 21.4 Å². The molecule has 0 spiro atoms. The van der Waals surface area contributed by atoms with Crippen LogP contribution in [-0.2, 0) is 22.6 Å². The van der Waals surface area contributed by atoms with Crippen LogP contribution in [0.3, 0.4) is 0 Å². The fraction of sp³-hybridized carbons (Fsp3) is 0.583. The third-order valence-corrected chi connectivity index (χ3v) is 6.20. The fourth-order valence-corrected chi connectivity index (χ4v) is 4.39. The quantitative estimate of drug-likeness (QED) is 0.528. The number of rotatable bonds is 9. The molecule has 1 aliphatic rings. The number of ether oxygens (including phenoxy) is 2. The first-order valence-electron chi connectivity index (χ1n) is 11.5. The van der Waals surface area contributed by atoms with E-state index in [1.807, 2.05) is 13.8 Å². The number of anilines is 2. The zero-order valence-electron chi connectivity index (χ0n) is 20.4. The Labute approximate surface area is 204 Å². The van der Waals surface area contributed by atoms with Crippen molar-refractivity contribution < 1.29 is 14.3 Å². The van der Waals surface area contributed by atoms with Gasteiger partial charge in [-0.15, -0.1) is 0 Å². The second-order valence-electron chi connectivity index (χ2n) is 9.66. The van der Waals surface area contributed by atoms with Gasteiger partial charge < -0.3 is 14.8 Å². The van der Waals surface area contributed by atoms with Crippen LogP contribution in [0.2, 0.25) is 5.02 Å². The molecule has 1 fully saturated rings. The topological polar surface area (TPSA) is 104 Å². The van der Waals surface area contributed by atoms with Gasteiger partial charge in [0.25, 0.3) is 0 Å². The average molecular weight is 493 g/mol. The number of aromatic nitrogens is 3. The van der Waals surface area contributed by atoms with E-state index in [0.717, 1.165) is 30.3 Å². The van der Waals surface area contributed by atoms with Gasteiger partial charge in [-0.25, -0.2) is 14.2 Å². The van der Waals surface area contributed by atoms with Gasteiger partial charge >= 0.3 is 17.3 Å². The Bertz CT molecular complexity index is 1150. The Balaban J connectivity index is 2.01. The van der Waals surface area contributed by atoms with Crippen molar-refractivity contribution in [3.8, 4) is 5.75 Å². The van der Waals surface area contributed by atoms with Crippen molar-refractivity contribution in [3.05, 3.63) is 44.2 Å². The molecule has 34 heavy (non-hydrogen) atoms. The van der Waals surface area contributed by atoms with E-state index in [-0.39, 0.29) is 18.6 Å². The largest absolute Gasteiger partial charge is 0.489 e. The van der Waals surface area contributed by atoms with E-state index in [9.17, 15) is 14.4 Å². The number of hydrogen-bond acceptors (Lipinski definition) is 7. The lowest BCUT2D eigenvalue weighted by Crippen LogP contribution is -2.47. The molecule has 1 N–H and O–H groups in total. The van der Waals surface area contributed by atoms with Crippen LogP contribution in [0.25, 0.3) is 0 Å². The first-order valence-corrected chi connectivity index (χ1v) is 11.9. The molecule has 0 atom stereocenters. The molecule has 10 heteroatoms. The van der Waals surface area contributed by atoms with Crippen molar-refractivity contribution in [3.63, 3.8) is 0 Å². The molecule has 1 saturated carbocycles. The molecule has 0 aliphatic heterocycles. The third-order valence-electron chi connectivity index (χ3n) is 5.91. The Morgan fingerprint density at radius 2 is 1.91 bits per heavy atom. The van der Waals surface area contributed by atoms with Crippen molar-refractivity contribution in [2.75, 3.05) is 12.4 Å². The molecule has 0 amide bonds. The summed E-state index contributed by atoms with van der Waals surface area (Å²) >= 11 is 6.36. The van der Waals surface area contributed by atoms with E-state index < -0.39 is 22.8 Å². The summed E-state index contributed by atoms with van der Waals surface area (Å²) < 4.78 is 13.0. The number of methoxy groups -OCH3 is 1. The Kier molecular flexibility index (Phi) is 8.07. The molecule has 186 valence electrons. The van der Waals surface area contributed by atoms with Gasteiger partial charge in [-0.2, -0.15) is 4.98 Å². The Morgan fingerprint density at radius 3 is 2.50 bits per heavy atom. The highest BCUT2D eigenvalue weighted by Gasteiger charge is 2.31. The Morgan fingerprint density at radius 1 is 1.24 bits per heavy atom. The van der Waals surface area contributed by atoms with Gasteiger partial charge in [0, 0.05) is 18.8 Å². The highest BCUT2D eigenvalue weighted by atomic mass is 35.5. The number of nitrogens with zero attached hydrogens (tertiary/aromatic N) is 3. The van der Waals surface area contributed by atoms with Gasteiger partial charge in [0.15, 0.2) is 0 Å². The predicted molar refractivity (Wildman–Crippen MR) is 131 cm³/mol. The molecular weight excluding hydrogens is 460 g/mol. The Hall–Kier alpha value is -2.81. The molecule has 0 radical (unpaired) electrons. The molecule has 1 aliphatic carbocycles. The van der Waals surface area contributed by atoms with Gasteiger partial charge in [0.05, 0.1) is 23.7 Å². The lowest BCUT2D eigenvalue weighted by atomic mass is 9.94. The van der Waals surface area contributed by atoms with Crippen molar-refractivity contribution in [2.24, 2.45) is 11.3 Å². The van der Waals surface area contributed by atoms with Crippen LogP contribution in [0.4, 0.5) is 11.6 Å². The van der Waals surface area contributed by atoms with E-state index in [4.69, 9.17) is 21.1 Å². The highest BCUT2D eigenvalue weighted by Crippen LogP contribution is 2.30. The van der Waals surface area contributed by atoms with E-state index in [1.54, 1.807) is 32.0 Å². The number of carbonyl (C=O) groups is 1. The summed E-state index contributed by atoms with van der Waals surface area (Å²) in [6, 6.07) is 5.14. The summed E-state index contributed by atoms with van der Waals surface area (Å²) in [6.45, 7) is 7.36. The highest BCUT2D eigenvalue weighted by molar-refractivity contribution is 6.32. The maximum absolute atomic E-state index is 13.5. The van der Waals surface area contributed by atoms with E-state index in [0.29, 0.717) is 28.9 Å². The van der Waals surface area contributed by atoms with Crippen molar-refractivity contribution in [2.45, 2.75) is 72.6 Å². The normalized spacial score (nSPS) is 14.4. The number of halogens is 1. The summed E-state index contributed by atoms with van der Waals surface area (Å²) in [5.41, 5.74) is -1.75. The van der Waals surface area contributed by atoms with Gasteiger partial charge in [-0.3, -0.25) is 9.36 Å². The maximum atomic E-state index is 13.5. The number of hydrogen-bond donors (Lipinski definition) is 1. The van der Waals surface area contributed by atoms with Gasteiger partial charge in [-0.1, -0.05) is 24.4 Å². The minimum absolute atomic E-state index is 0.0311. The molecule has 0 saturated heterocycles. The smallest absolute Gasteiger partial charge is 0.354 e. The minimum Gasteiger partial charge on any atom is -0.489 e. The molecule has 0 bridgehead atoms. The standard InChI is InChI=1S/C24H33ClN4O5/c1-15(2)34-19-11-10-17(12-18(19)25)26-21-27-22(31)29(14-24(3,4)20(30)33-5)23(32)28(21)13-16-8-6-7-9-16/h10-12,15-16H,6-9,13-14H2,1-5H3,(H,26,27,31). The first kappa shape index (κ1) is 25.8. The lowest BCUT2D eigenvalue weighted by Gasteiger charge is -2.23. The number of benzene rings is 1. The van der Waals surface area contributed by atoms with E-state index in [2.05, 4.69) is 10.3 Å². The summed E-state index contributed by atoms with van der Waals surface area (Å²) in [5, 5.41) is 3.48. The monoisotopic (exact) mass is 492 g/mol. The van der Waals surface area contributed by atoms with Gasteiger partial charge in [0.1, 0.15) is 5.75 Å². The van der Waals surface area contributed by atoms with Crippen LogP contribution in [0.15, 0.2) is 27.8 Å². The van der Waals surface area contributed by atoms with Gasteiger partial charge in [-0.05, 0) is 64.7 Å². The number of esters is 1. The first-order chi connectivity index (χ1) is 16.0. The minimum atomic E-state index is -1.07. The predicted octanol–water partition coefficient (Wildman–Crippen LogP) is 3.98. The van der Waals surface area contributed by atoms with Crippen molar-refractivity contribution >= 4 is 29.2 Å². The fourth-order valence-electron chi connectivity index (χ4n) is 4.17. The van der Waals surface area contributed by atoms with Crippen molar-refractivity contribution in [1.82, 2.24) is 14.1 Å². The molecule has 1 heterocycles. The zero-order chi connectivity index (χ0) is 25.0. The average Bonchev–Trinajstić information content (AvgIpc) is 3.28. The van der Waals surface area contributed by atoms with Crippen LogP contribution in [0.1, 0.15) is 53.4 Å². The number of nitrogens with one attached hydrogen (secondary N) is 1. The van der Waals surface area contributed by atoms with E-state index in [1.165, 1.54) is 11.7 Å². The van der Waals surface area contributed by atoms with Crippen molar-refractivity contribution in [1.29, 1.82) is 0 Å². The second kappa shape index (κ2) is 10.6. The molecule has 2 aromatic rings. The third kappa shape index (κ3) is 6.00. The molecule has 3 rings (SSSR count). The summed E-state index contributed by atoms with van der Waals surface area (Å²) in [7, 11) is 1.28. The number of carbonyl (C=O) groups excluding carboxylic acids is 1. The SMILES string of the molecule is COC(=O)C(C)(C)Cn1c(=O)nc(Nc2ccc(OC(C)C)c(Cl)c2)n(CC2CCCC2)c1=O. The van der Waals surface area contributed by atoms with E-state index >= 15 is 0 Å².